The summed E-state index contributed by atoms with van der Waals surface area (Å²) in [6.45, 7) is 5.20. The molecule has 0 radical (unpaired) electrons. The second kappa shape index (κ2) is 14.5. The van der Waals surface area contributed by atoms with E-state index in [1.807, 2.05) is 0 Å². The lowest BCUT2D eigenvalue weighted by Gasteiger charge is -2.33. The summed E-state index contributed by atoms with van der Waals surface area (Å²) >= 11 is 12.8. The van der Waals surface area contributed by atoms with Crippen molar-refractivity contribution in [2.75, 3.05) is 24.0 Å². The predicted octanol–water partition coefficient (Wildman–Crippen LogP) is 5.67. The molecule has 0 aromatic heterocycles. The van der Waals surface area contributed by atoms with Crippen LogP contribution in [0.1, 0.15) is 32.8 Å². The third-order valence-corrected chi connectivity index (χ3v) is 8.74. The number of carbonyl (C=O) groups excluding carboxylic acids is 2. The van der Waals surface area contributed by atoms with Gasteiger partial charge in [-0.25, -0.2) is 12.8 Å². The van der Waals surface area contributed by atoms with Crippen molar-refractivity contribution in [3.05, 3.63) is 88.2 Å². The molecule has 0 saturated carbocycles. The molecule has 8 nitrogen and oxygen atoms in total. The van der Waals surface area contributed by atoms with Gasteiger partial charge in [-0.15, -0.1) is 0 Å². The molecule has 1 atom stereocenters. The molecule has 0 aliphatic heterocycles. The van der Waals surface area contributed by atoms with Crippen LogP contribution in [-0.2, 0) is 26.2 Å². The average Bonchev–Trinajstić information content (AvgIpc) is 2.94. The molecule has 3 rings (SSSR count). The number of nitrogens with zero attached hydrogens (tertiary/aromatic N) is 2. The summed E-state index contributed by atoms with van der Waals surface area (Å²) in [7, 11) is -4.32. The molecule has 41 heavy (non-hydrogen) atoms. The fourth-order valence-corrected chi connectivity index (χ4v) is 6.13. The number of sulfonamides is 1. The zero-order chi connectivity index (χ0) is 30.2. The van der Waals surface area contributed by atoms with Gasteiger partial charge in [-0.2, -0.15) is 0 Å². The molecule has 220 valence electrons. The van der Waals surface area contributed by atoms with Crippen LogP contribution in [0, 0.1) is 5.82 Å². The average molecular weight is 625 g/mol. The Morgan fingerprint density at radius 3 is 2.10 bits per heavy atom. The number of hydrogen-bond acceptors (Lipinski definition) is 5. The fourth-order valence-electron chi connectivity index (χ4n) is 4.20. The van der Waals surface area contributed by atoms with Crippen molar-refractivity contribution in [3.8, 4) is 5.75 Å². The lowest BCUT2D eigenvalue weighted by molar-refractivity contribution is -0.140. The van der Waals surface area contributed by atoms with Crippen molar-refractivity contribution >= 4 is 50.7 Å². The summed E-state index contributed by atoms with van der Waals surface area (Å²) in [6, 6.07) is 14.4. The number of carbonyl (C=O) groups is 2. The van der Waals surface area contributed by atoms with E-state index in [2.05, 4.69) is 5.32 Å². The van der Waals surface area contributed by atoms with Crippen LogP contribution in [0.25, 0.3) is 0 Å². The molecule has 0 bridgehead atoms. The van der Waals surface area contributed by atoms with Gasteiger partial charge in [-0.05, 0) is 80.9 Å². The SMILES string of the molecule is CCNC(=O)[C@@H](CC)N(Cc1c(Cl)cccc1Cl)C(=O)CN(c1ccc(F)cc1)S(=O)(=O)c1ccc(OCC)cc1. The van der Waals surface area contributed by atoms with Gasteiger partial charge in [0.1, 0.15) is 24.2 Å². The zero-order valence-corrected chi connectivity index (χ0v) is 25.3. The predicted molar refractivity (Wildman–Crippen MR) is 158 cm³/mol. The van der Waals surface area contributed by atoms with Gasteiger partial charge in [-0.3, -0.25) is 13.9 Å². The Kier molecular flexibility index (Phi) is 11.4. The van der Waals surface area contributed by atoms with Gasteiger partial charge >= 0.3 is 0 Å². The Labute approximate surface area is 250 Å². The van der Waals surface area contributed by atoms with Crippen molar-refractivity contribution in [1.82, 2.24) is 10.2 Å². The molecule has 0 spiro atoms. The van der Waals surface area contributed by atoms with Gasteiger partial charge in [0.2, 0.25) is 11.8 Å². The first kappa shape index (κ1) is 32.2. The van der Waals surface area contributed by atoms with Crippen molar-refractivity contribution in [2.45, 2.75) is 44.7 Å². The molecular weight excluding hydrogens is 592 g/mol. The summed E-state index contributed by atoms with van der Waals surface area (Å²) in [4.78, 5) is 28.2. The molecular formula is C29H32Cl2FN3O5S. The van der Waals surface area contributed by atoms with E-state index in [9.17, 15) is 22.4 Å². The Morgan fingerprint density at radius 1 is 0.951 bits per heavy atom. The lowest BCUT2D eigenvalue weighted by Crippen LogP contribution is -2.52. The lowest BCUT2D eigenvalue weighted by atomic mass is 10.1. The molecule has 1 N–H and O–H groups in total. The number of halogens is 3. The molecule has 0 unspecified atom stereocenters. The molecule has 0 saturated heterocycles. The first-order chi connectivity index (χ1) is 19.5. The van der Waals surface area contributed by atoms with Crippen LogP contribution < -0.4 is 14.4 Å². The van der Waals surface area contributed by atoms with Gasteiger partial charge in [0.15, 0.2) is 0 Å². The Bertz CT molecular complexity index is 1430. The third-order valence-electron chi connectivity index (χ3n) is 6.24. The summed E-state index contributed by atoms with van der Waals surface area (Å²) in [5, 5.41) is 3.31. The number of amides is 2. The van der Waals surface area contributed by atoms with E-state index in [-0.39, 0.29) is 23.5 Å². The van der Waals surface area contributed by atoms with E-state index >= 15 is 0 Å². The van der Waals surface area contributed by atoms with Crippen LogP contribution >= 0.6 is 23.2 Å². The molecule has 3 aromatic carbocycles. The topological polar surface area (TPSA) is 96.0 Å². The van der Waals surface area contributed by atoms with E-state index in [0.29, 0.717) is 34.5 Å². The van der Waals surface area contributed by atoms with Crippen molar-refractivity contribution in [1.29, 1.82) is 0 Å². The van der Waals surface area contributed by atoms with Crippen molar-refractivity contribution < 1.29 is 27.1 Å². The second-order valence-electron chi connectivity index (χ2n) is 8.93. The van der Waals surface area contributed by atoms with Crippen LogP contribution in [0.3, 0.4) is 0 Å². The number of nitrogens with one attached hydrogen (secondary N) is 1. The summed E-state index contributed by atoms with van der Waals surface area (Å²) in [5.74, 6) is -1.19. The van der Waals surface area contributed by atoms with Crippen LogP contribution in [0.5, 0.6) is 5.75 Å². The fraction of sp³-hybridized carbons (Fsp3) is 0.310. The molecule has 0 fully saturated rings. The molecule has 3 aromatic rings. The number of ether oxygens (including phenoxy) is 1. The smallest absolute Gasteiger partial charge is 0.264 e. The van der Waals surface area contributed by atoms with Gasteiger partial charge < -0.3 is 15.0 Å². The van der Waals surface area contributed by atoms with E-state index < -0.39 is 40.2 Å². The van der Waals surface area contributed by atoms with E-state index in [0.717, 1.165) is 16.4 Å². The largest absolute Gasteiger partial charge is 0.494 e. The molecule has 2 amide bonds. The molecule has 0 heterocycles. The quantitative estimate of drug-likeness (QED) is 0.265. The highest BCUT2D eigenvalue weighted by Crippen LogP contribution is 2.29. The van der Waals surface area contributed by atoms with Gasteiger partial charge in [0.25, 0.3) is 10.0 Å². The van der Waals surface area contributed by atoms with Gasteiger partial charge in [0.05, 0.1) is 17.2 Å². The van der Waals surface area contributed by atoms with Crippen LogP contribution in [0.15, 0.2) is 71.6 Å². The highest BCUT2D eigenvalue weighted by Gasteiger charge is 2.34. The summed E-state index contributed by atoms with van der Waals surface area (Å²) < 4.78 is 47.9. The van der Waals surface area contributed by atoms with E-state index in [1.54, 1.807) is 39.0 Å². The van der Waals surface area contributed by atoms with Crippen LogP contribution in [-0.4, -0.2) is 50.9 Å². The van der Waals surface area contributed by atoms with E-state index in [1.165, 1.54) is 41.3 Å². The van der Waals surface area contributed by atoms with Crippen molar-refractivity contribution in [2.24, 2.45) is 0 Å². The minimum Gasteiger partial charge on any atom is -0.494 e. The standard InChI is InChI=1S/C29H32Cl2FN3O5S/c1-4-27(29(37)33-5-2)34(18-24-25(30)8-7-9-26(24)31)28(36)19-35(21-12-10-20(32)11-13-21)41(38,39)23-16-14-22(15-17-23)40-6-3/h7-17,27H,4-6,18-19H2,1-3H3,(H,33,37)/t27-/m1/s1. The maximum atomic E-state index is 14.0. The van der Waals surface area contributed by atoms with Gasteiger partial charge in [-0.1, -0.05) is 36.2 Å². The number of anilines is 1. The summed E-state index contributed by atoms with van der Waals surface area (Å²) in [5.41, 5.74) is 0.477. The van der Waals surface area contributed by atoms with E-state index in [4.69, 9.17) is 27.9 Å². The maximum Gasteiger partial charge on any atom is 0.264 e. The number of likely N-dealkylation sites (N-methyl/N-ethyl adjacent to an activating group) is 1. The summed E-state index contributed by atoms with van der Waals surface area (Å²) in [6.07, 6.45) is 0.238. The Morgan fingerprint density at radius 2 is 1.56 bits per heavy atom. The van der Waals surface area contributed by atoms with Crippen LogP contribution in [0.2, 0.25) is 10.0 Å². The third kappa shape index (κ3) is 7.90. The number of hydrogen-bond donors (Lipinski definition) is 1. The second-order valence-corrected chi connectivity index (χ2v) is 11.6. The molecule has 0 aliphatic rings. The number of rotatable bonds is 13. The highest BCUT2D eigenvalue weighted by molar-refractivity contribution is 7.92. The van der Waals surface area contributed by atoms with Gasteiger partial charge in [0, 0.05) is 28.7 Å². The highest BCUT2D eigenvalue weighted by atomic mass is 35.5. The molecule has 12 heteroatoms. The first-order valence-corrected chi connectivity index (χ1v) is 15.2. The molecule has 0 aliphatic carbocycles. The Hall–Kier alpha value is -3.34. The normalized spacial score (nSPS) is 12.0. The number of benzene rings is 3. The van der Waals surface area contributed by atoms with Crippen LogP contribution in [0.4, 0.5) is 10.1 Å². The monoisotopic (exact) mass is 623 g/mol. The minimum atomic E-state index is -4.32. The van der Waals surface area contributed by atoms with Crippen molar-refractivity contribution in [3.63, 3.8) is 0 Å². The zero-order valence-electron chi connectivity index (χ0n) is 22.9. The minimum absolute atomic E-state index is 0.0652. The maximum absolute atomic E-state index is 14.0. The Balaban J connectivity index is 2.08. The first-order valence-electron chi connectivity index (χ1n) is 13.0.